The van der Waals surface area contributed by atoms with Crippen molar-refractivity contribution in [3.05, 3.63) is 47.2 Å². The molecule has 11 nitrogen and oxygen atoms in total. The molecule has 1 spiro atoms. The van der Waals surface area contributed by atoms with Gasteiger partial charge in [0.25, 0.3) is 6.47 Å². The molecule has 3 aromatic heterocycles. The van der Waals surface area contributed by atoms with E-state index in [9.17, 15) is 4.79 Å². The first-order chi connectivity index (χ1) is 16.5. The number of hydrogen-bond acceptors (Lipinski definition) is 9. The molecule has 1 aliphatic heterocycles. The molecule has 3 aromatic rings. The van der Waals surface area contributed by atoms with E-state index < -0.39 is 0 Å². The minimum absolute atomic E-state index is 0.124. The van der Waals surface area contributed by atoms with Gasteiger partial charge in [-0.3, -0.25) is 14.6 Å². The number of rotatable bonds is 4. The molecule has 1 amide bonds. The van der Waals surface area contributed by atoms with Gasteiger partial charge in [-0.15, -0.1) is 0 Å². The molecule has 11 heteroatoms. The van der Waals surface area contributed by atoms with Gasteiger partial charge >= 0.3 is 0 Å². The molecule has 1 unspecified atom stereocenters. The van der Waals surface area contributed by atoms with E-state index in [2.05, 4.69) is 20.6 Å². The van der Waals surface area contributed by atoms with Crippen LogP contribution in [0.2, 0.25) is 0 Å². The Kier molecular flexibility index (Phi) is 6.80. The van der Waals surface area contributed by atoms with Crippen molar-refractivity contribution in [3.63, 3.8) is 0 Å². The number of pyridine rings is 1. The van der Waals surface area contributed by atoms with Gasteiger partial charge in [0.15, 0.2) is 5.82 Å². The predicted octanol–water partition coefficient (Wildman–Crippen LogP) is 2.37. The molecule has 1 saturated heterocycles. The first-order valence-corrected chi connectivity index (χ1v) is 11.1. The zero-order chi connectivity index (χ0) is 24.1. The number of amides is 1. The van der Waals surface area contributed by atoms with Crippen LogP contribution in [0.25, 0.3) is 11.4 Å². The van der Waals surface area contributed by atoms with Crippen LogP contribution in [0, 0.1) is 6.92 Å². The second-order valence-electron chi connectivity index (χ2n) is 8.54. The van der Waals surface area contributed by atoms with Crippen LogP contribution in [0.3, 0.4) is 0 Å². The van der Waals surface area contributed by atoms with Crippen LogP contribution >= 0.6 is 0 Å². The number of carbonyl (C=O) groups is 2. The zero-order valence-corrected chi connectivity index (χ0v) is 19.2. The summed E-state index contributed by atoms with van der Waals surface area (Å²) in [4.78, 5) is 36.6. The molecule has 1 fully saturated rings. The highest BCUT2D eigenvalue weighted by atomic mass is 16.6. The van der Waals surface area contributed by atoms with Crippen molar-refractivity contribution in [2.75, 3.05) is 18.4 Å². The van der Waals surface area contributed by atoms with Crippen molar-refractivity contribution in [1.82, 2.24) is 30.2 Å². The van der Waals surface area contributed by atoms with Gasteiger partial charge in [-0.1, -0.05) is 10.3 Å². The second kappa shape index (κ2) is 9.94. The topological polar surface area (TPSA) is 147 Å². The van der Waals surface area contributed by atoms with E-state index in [0.717, 1.165) is 66.3 Å². The molecule has 34 heavy (non-hydrogen) atoms. The van der Waals surface area contributed by atoms with E-state index in [1.807, 2.05) is 24.0 Å². The van der Waals surface area contributed by atoms with E-state index in [4.69, 9.17) is 24.5 Å². The fourth-order valence-corrected chi connectivity index (χ4v) is 4.79. The quantitative estimate of drug-likeness (QED) is 0.550. The second-order valence-corrected chi connectivity index (χ2v) is 8.54. The number of aromatic nitrogens is 5. The molecule has 2 N–H and O–H groups in total. The molecule has 0 aromatic carbocycles. The minimum Gasteiger partial charge on any atom is -0.483 e. The van der Waals surface area contributed by atoms with Crippen molar-refractivity contribution >= 4 is 18.2 Å². The van der Waals surface area contributed by atoms with Gasteiger partial charge in [-0.25, -0.2) is 14.6 Å². The number of fused-ring (bicyclic) bond motifs is 2. The maximum atomic E-state index is 12.1. The summed E-state index contributed by atoms with van der Waals surface area (Å²) in [6.07, 6.45) is 7.38. The zero-order valence-electron chi connectivity index (χ0n) is 19.2. The molecule has 1 atom stereocenters. The maximum Gasteiger partial charge on any atom is 0.290 e. The number of piperidine rings is 1. The van der Waals surface area contributed by atoms with Crippen LogP contribution < -0.4 is 5.32 Å². The molecule has 2 aliphatic rings. The molecule has 4 heterocycles. The number of hydrogen-bond donors (Lipinski definition) is 2. The summed E-state index contributed by atoms with van der Waals surface area (Å²) in [5, 5.41) is 18.2. The number of likely N-dealkylation sites (tertiary alicyclic amines) is 1. The van der Waals surface area contributed by atoms with Crippen LogP contribution in [-0.2, 0) is 28.0 Å². The third-order valence-corrected chi connectivity index (χ3v) is 6.47. The number of anilines is 1. The summed E-state index contributed by atoms with van der Waals surface area (Å²) >= 11 is 0. The van der Waals surface area contributed by atoms with Gasteiger partial charge in [-0.05, 0) is 44.7 Å². The van der Waals surface area contributed by atoms with E-state index in [0.29, 0.717) is 18.9 Å². The number of carbonyl (C=O) groups excluding carboxylic acids is 1. The lowest BCUT2D eigenvalue weighted by molar-refractivity contribution is -0.131. The summed E-state index contributed by atoms with van der Waals surface area (Å²) < 4.78 is 4.83. The largest absolute Gasteiger partial charge is 0.483 e. The normalized spacial score (nSPS) is 18.7. The van der Waals surface area contributed by atoms with Gasteiger partial charge in [0.1, 0.15) is 17.2 Å². The number of carboxylic acid groups (broad SMARTS) is 1. The molecule has 5 rings (SSSR count). The standard InChI is InChI=1S/C22H25N7O2.CH2O2/c1-14-18(28-31-27-14)12-24-21-17-6-8-22(7-4-10-29(13-22)15(2)30)19(17)25-20(26-21)16-5-3-9-23-11-16;2-1-3/h3,5,9,11H,4,6-8,10,12-13H2,1-2H3,(H,24,25,26);1H,(H,2,3). The lowest BCUT2D eigenvalue weighted by Gasteiger charge is -2.40. The molecule has 0 bridgehead atoms. The Labute approximate surface area is 196 Å². The average Bonchev–Trinajstić information content (AvgIpc) is 3.42. The van der Waals surface area contributed by atoms with Crippen LogP contribution in [0.5, 0.6) is 0 Å². The lowest BCUT2D eigenvalue weighted by Crippen LogP contribution is -2.47. The first-order valence-electron chi connectivity index (χ1n) is 11.1. The monoisotopic (exact) mass is 465 g/mol. The Morgan fingerprint density at radius 3 is 2.82 bits per heavy atom. The summed E-state index contributed by atoms with van der Waals surface area (Å²) in [7, 11) is 0. The predicted molar refractivity (Wildman–Crippen MR) is 122 cm³/mol. The Bertz CT molecular complexity index is 1170. The van der Waals surface area contributed by atoms with E-state index in [1.165, 1.54) is 0 Å². The molecule has 0 radical (unpaired) electrons. The highest BCUT2D eigenvalue weighted by Crippen LogP contribution is 2.46. The average molecular weight is 466 g/mol. The fourth-order valence-electron chi connectivity index (χ4n) is 4.79. The van der Waals surface area contributed by atoms with Crippen molar-refractivity contribution in [2.24, 2.45) is 0 Å². The van der Waals surface area contributed by atoms with Crippen LogP contribution in [0.15, 0.2) is 29.2 Å². The van der Waals surface area contributed by atoms with Crippen molar-refractivity contribution in [1.29, 1.82) is 0 Å². The smallest absolute Gasteiger partial charge is 0.290 e. The molecular formula is C23H27N7O4. The van der Waals surface area contributed by atoms with Gasteiger partial charge < -0.3 is 15.3 Å². The van der Waals surface area contributed by atoms with Gasteiger partial charge in [0, 0.05) is 48.9 Å². The fraction of sp³-hybridized carbons (Fsp3) is 0.435. The molecule has 0 saturated carbocycles. The summed E-state index contributed by atoms with van der Waals surface area (Å²) in [5.41, 5.74) is 4.45. The third-order valence-electron chi connectivity index (χ3n) is 6.47. The minimum atomic E-state index is -0.250. The molecule has 178 valence electrons. The van der Waals surface area contributed by atoms with Crippen LogP contribution in [0.1, 0.15) is 48.8 Å². The van der Waals surface area contributed by atoms with Gasteiger partial charge in [-0.2, -0.15) is 0 Å². The number of nitrogens with zero attached hydrogens (tertiary/aromatic N) is 6. The lowest BCUT2D eigenvalue weighted by atomic mass is 9.77. The highest BCUT2D eigenvalue weighted by molar-refractivity contribution is 5.73. The Hall–Kier alpha value is -3.89. The molecular weight excluding hydrogens is 438 g/mol. The van der Waals surface area contributed by atoms with E-state index in [-0.39, 0.29) is 17.8 Å². The van der Waals surface area contributed by atoms with Crippen LogP contribution in [0.4, 0.5) is 5.82 Å². The Morgan fingerprint density at radius 1 is 1.32 bits per heavy atom. The number of nitrogens with one attached hydrogen (secondary N) is 1. The van der Waals surface area contributed by atoms with Gasteiger partial charge in [0.05, 0.1) is 12.2 Å². The molecule has 1 aliphatic carbocycles. The number of aryl methyl sites for hydroxylation is 1. The SMILES string of the molecule is CC(=O)N1CCCC2(CCc3c(NCc4nonc4C)nc(-c4cccnc4)nc32)C1.O=CO. The van der Waals surface area contributed by atoms with E-state index in [1.54, 1.807) is 19.3 Å². The maximum absolute atomic E-state index is 12.1. The van der Waals surface area contributed by atoms with Crippen molar-refractivity contribution in [2.45, 2.75) is 51.5 Å². The first kappa shape index (κ1) is 23.3. The van der Waals surface area contributed by atoms with Gasteiger partial charge in [0.2, 0.25) is 5.91 Å². The Morgan fingerprint density at radius 2 is 2.15 bits per heavy atom. The van der Waals surface area contributed by atoms with E-state index >= 15 is 0 Å². The van der Waals surface area contributed by atoms with Crippen LogP contribution in [-0.4, -0.2) is 60.7 Å². The van der Waals surface area contributed by atoms with Crippen molar-refractivity contribution < 1.29 is 19.3 Å². The van der Waals surface area contributed by atoms with Crippen molar-refractivity contribution in [3.8, 4) is 11.4 Å². The Balaban J connectivity index is 0.000000868. The summed E-state index contributed by atoms with van der Waals surface area (Å²) in [5.74, 6) is 1.58. The third kappa shape index (κ3) is 4.59. The summed E-state index contributed by atoms with van der Waals surface area (Å²) in [6.45, 7) is 5.27. The summed E-state index contributed by atoms with van der Waals surface area (Å²) in [6, 6.07) is 3.85. The highest BCUT2D eigenvalue weighted by Gasteiger charge is 2.45.